The highest BCUT2D eigenvalue weighted by Gasteiger charge is 2.12. The van der Waals surface area contributed by atoms with Crippen molar-refractivity contribution in [1.29, 1.82) is 0 Å². The maximum atomic E-state index is 10.8. The van der Waals surface area contributed by atoms with Gasteiger partial charge in [0.2, 0.25) is 0 Å². The lowest BCUT2D eigenvalue weighted by Gasteiger charge is -2.05. The predicted octanol–water partition coefficient (Wildman–Crippen LogP) is 4.51. The lowest BCUT2D eigenvalue weighted by molar-refractivity contribution is -0.137. The Bertz CT molecular complexity index is 366. The molecule has 0 aromatic rings. The number of unbranched alkanes of at least 4 members (excludes halogenated alkanes) is 11. The van der Waals surface area contributed by atoms with Crippen LogP contribution in [-0.4, -0.2) is 29.0 Å². The molecule has 142 valence electrons. The van der Waals surface area contributed by atoms with Gasteiger partial charge in [0.05, 0.1) is 13.2 Å². The van der Waals surface area contributed by atoms with Gasteiger partial charge in [-0.25, -0.2) is 9.36 Å². The van der Waals surface area contributed by atoms with Crippen LogP contribution < -0.4 is 0 Å². The molecule has 24 heavy (non-hydrogen) atoms. The molecule has 6 nitrogen and oxygen atoms in total. The third-order valence-corrected chi connectivity index (χ3v) is 4.23. The van der Waals surface area contributed by atoms with Crippen molar-refractivity contribution in [3.05, 3.63) is 12.7 Å². The maximum Gasteiger partial charge on any atom is 0.469 e. The Morgan fingerprint density at radius 1 is 0.792 bits per heavy atom. The Balaban J connectivity index is 3.09. The summed E-state index contributed by atoms with van der Waals surface area (Å²) in [6.45, 7) is 3.98. The van der Waals surface area contributed by atoms with E-state index in [0.717, 1.165) is 25.7 Å². The number of carbonyl (C=O) groups excluding carboxylic acids is 1. The van der Waals surface area contributed by atoms with Gasteiger partial charge in [-0.05, 0) is 12.8 Å². The molecule has 0 aliphatic carbocycles. The summed E-state index contributed by atoms with van der Waals surface area (Å²) in [5, 5.41) is 0. The van der Waals surface area contributed by atoms with Crippen LogP contribution in [0, 0.1) is 0 Å². The molecule has 0 unspecified atom stereocenters. The first-order valence-corrected chi connectivity index (χ1v) is 10.5. The number of esters is 1. The van der Waals surface area contributed by atoms with Gasteiger partial charge in [-0.1, -0.05) is 70.8 Å². The van der Waals surface area contributed by atoms with Crippen molar-refractivity contribution in [1.82, 2.24) is 0 Å². The summed E-state index contributed by atoms with van der Waals surface area (Å²) < 4.78 is 19.8. The van der Waals surface area contributed by atoms with E-state index in [9.17, 15) is 9.36 Å². The third-order valence-electron chi connectivity index (χ3n) is 3.71. The summed E-state index contributed by atoms with van der Waals surface area (Å²) in [5.41, 5.74) is 0. The number of ether oxygens (including phenoxy) is 1. The van der Waals surface area contributed by atoms with Crippen molar-refractivity contribution < 1.29 is 28.4 Å². The summed E-state index contributed by atoms with van der Waals surface area (Å²) in [7, 11) is -4.28. The monoisotopic (exact) mass is 364 g/mol. The van der Waals surface area contributed by atoms with Gasteiger partial charge in [0.25, 0.3) is 0 Å². The molecule has 0 aromatic heterocycles. The molecule has 0 heterocycles. The van der Waals surface area contributed by atoms with Gasteiger partial charge in [0.1, 0.15) is 0 Å². The molecule has 0 spiro atoms. The van der Waals surface area contributed by atoms with Crippen LogP contribution in [0.3, 0.4) is 0 Å². The van der Waals surface area contributed by atoms with E-state index in [1.807, 2.05) is 0 Å². The zero-order valence-electron chi connectivity index (χ0n) is 14.7. The second-order valence-corrected chi connectivity index (χ2v) is 7.18. The number of hydrogen-bond acceptors (Lipinski definition) is 4. The molecule has 0 bridgehead atoms. The van der Waals surface area contributed by atoms with Gasteiger partial charge in [-0.15, -0.1) is 0 Å². The average molecular weight is 364 g/mol. The SMILES string of the molecule is C=CC(=O)OCCCCCCCCCCCCCCOP(=O)(O)O. The fourth-order valence-corrected chi connectivity index (χ4v) is 2.75. The molecule has 0 atom stereocenters. The number of carbonyl (C=O) groups is 1. The Hall–Kier alpha value is -0.680. The van der Waals surface area contributed by atoms with Crippen LogP contribution in [0.1, 0.15) is 77.0 Å². The molecule has 0 rings (SSSR count). The fraction of sp³-hybridized carbons (Fsp3) is 0.824. The zero-order chi connectivity index (χ0) is 18.1. The number of phosphoric acid groups is 1. The topological polar surface area (TPSA) is 93.1 Å². The summed E-state index contributed by atoms with van der Waals surface area (Å²) in [6.07, 6.45) is 14.5. The van der Waals surface area contributed by atoms with Crippen LogP contribution in [0.5, 0.6) is 0 Å². The molecule has 0 aliphatic rings. The van der Waals surface area contributed by atoms with Crippen LogP contribution in [0.15, 0.2) is 12.7 Å². The van der Waals surface area contributed by atoms with Crippen LogP contribution >= 0.6 is 7.82 Å². The van der Waals surface area contributed by atoms with Crippen molar-refractivity contribution >= 4 is 13.8 Å². The molecule has 0 saturated heterocycles. The normalized spacial score (nSPS) is 11.4. The molecule has 7 heteroatoms. The zero-order valence-corrected chi connectivity index (χ0v) is 15.6. The van der Waals surface area contributed by atoms with Crippen molar-refractivity contribution in [2.45, 2.75) is 77.0 Å². The lowest BCUT2D eigenvalue weighted by Crippen LogP contribution is -2.01. The standard InChI is InChI=1S/C17H33O6P/c1-2-17(18)22-15-13-11-9-7-5-3-4-6-8-10-12-14-16-23-24(19,20)21/h2H,1,3-16H2,(H2,19,20,21). The summed E-state index contributed by atoms with van der Waals surface area (Å²) in [6, 6.07) is 0. The lowest BCUT2D eigenvalue weighted by atomic mass is 10.1. The van der Waals surface area contributed by atoms with Crippen LogP contribution in [0.25, 0.3) is 0 Å². The Morgan fingerprint density at radius 2 is 1.17 bits per heavy atom. The molecule has 0 aromatic carbocycles. The van der Waals surface area contributed by atoms with E-state index >= 15 is 0 Å². The summed E-state index contributed by atoms with van der Waals surface area (Å²) in [4.78, 5) is 27.8. The van der Waals surface area contributed by atoms with Gasteiger partial charge in [0, 0.05) is 6.08 Å². The summed E-state index contributed by atoms with van der Waals surface area (Å²) in [5.74, 6) is -0.343. The Labute approximate surface area is 145 Å². The minimum absolute atomic E-state index is 0.136. The second kappa shape index (κ2) is 15.8. The Kier molecular flexibility index (Phi) is 15.4. The van der Waals surface area contributed by atoms with Gasteiger partial charge < -0.3 is 14.5 Å². The third kappa shape index (κ3) is 19.4. The number of hydrogen-bond donors (Lipinski definition) is 2. The van der Waals surface area contributed by atoms with Crippen molar-refractivity contribution in [3.63, 3.8) is 0 Å². The highest BCUT2D eigenvalue weighted by molar-refractivity contribution is 7.46. The van der Waals surface area contributed by atoms with E-state index < -0.39 is 7.82 Å². The van der Waals surface area contributed by atoms with Crippen molar-refractivity contribution in [2.24, 2.45) is 0 Å². The maximum absolute atomic E-state index is 10.8. The van der Waals surface area contributed by atoms with Crippen LogP contribution in [-0.2, 0) is 18.6 Å². The Morgan fingerprint density at radius 3 is 1.54 bits per heavy atom. The molecule has 0 amide bonds. The molecule has 0 saturated carbocycles. The fourth-order valence-electron chi connectivity index (χ4n) is 2.39. The van der Waals surface area contributed by atoms with E-state index in [1.165, 1.54) is 51.0 Å². The molecule has 0 fully saturated rings. The van der Waals surface area contributed by atoms with E-state index in [2.05, 4.69) is 11.1 Å². The van der Waals surface area contributed by atoms with Gasteiger partial charge in [0.15, 0.2) is 0 Å². The van der Waals surface area contributed by atoms with E-state index in [-0.39, 0.29) is 12.6 Å². The minimum Gasteiger partial charge on any atom is -0.463 e. The van der Waals surface area contributed by atoms with Gasteiger partial charge >= 0.3 is 13.8 Å². The van der Waals surface area contributed by atoms with Gasteiger partial charge in [-0.2, -0.15) is 0 Å². The van der Waals surface area contributed by atoms with E-state index in [1.54, 1.807) is 0 Å². The van der Waals surface area contributed by atoms with Crippen molar-refractivity contribution in [3.8, 4) is 0 Å². The highest BCUT2D eigenvalue weighted by atomic mass is 31.2. The van der Waals surface area contributed by atoms with Gasteiger partial charge in [-0.3, -0.25) is 4.52 Å². The molecular weight excluding hydrogens is 331 g/mol. The second-order valence-electron chi connectivity index (χ2n) is 5.94. The summed E-state index contributed by atoms with van der Waals surface area (Å²) >= 11 is 0. The highest BCUT2D eigenvalue weighted by Crippen LogP contribution is 2.35. The van der Waals surface area contributed by atoms with Crippen LogP contribution in [0.4, 0.5) is 0 Å². The first kappa shape index (κ1) is 23.3. The first-order valence-electron chi connectivity index (χ1n) is 8.95. The van der Waals surface area contributed by atoms with Crippen molar-refractivity contribution in [2.75, 3.05) is 13.2 Å². The molecule has 0 radical (unpaired) electrons. The first-order chi connectivity index (χ1) is 11.5. The van der Waals surface area contributed by atoms with E-state index in [0.29, 0.717) is 13.0 Å². The molecule has 2 N–H and O–H groups in total. The largest absolute Gasteiger partial charge is 0.469 e. The quantitative estimate of drug-likeness (QED) is 0.171. The molecule has 0 aliphatic heterocycles. The smallest absolute Gasteiger partial charge is 0.463 e. The van der Waals surface area contributed by atoms with E-state index in [4.69, 9.17) is 14.5 Å². The number of phosphoric ester groups is 1. The molecular formula is C17H33O6P. The number of rotatable bonds is 17. The van der Waals surface area contributed by atoms with Crippen LogP contribution in [0.2, 0.25) is 0 Å². The average Bonchev–Trinajstić information content (AvgIpc) is 2.53. The minimum atomic E-state index is -4.28. The predicted molar refractivity (Wildman–Crippen MR) is 94.6 cm³/mol.